The zero-order valence-corrected chi connectivity index (χ0v) is 26.2. The van der Waals surface area contributed by atoms with Gasteiger partial charge in [0.15, 0.2) is 0 Å². The topological polar surface area (TPSA) is 96.0 Å². The van der Waals surface area contributed by atoms with Gasteiger partial charge in [-0.3, -0.25) is 13.9 Å². The Labute approximate surface area is 254 Å². The van der Waals surface area contributed by atoms with Gasteiger partial charge in [0.05, 0.1) is 17.7 Å². The van der Waals surface area contributed by atoms with Crippen molar-refractivity contribution in [3.63, 3.8) is 0 Å². The maximum atomic E-state index is 14.2. The van der Waals surface area contributed by atoms with Crippen molar-refractivity contribution in [3.8, 4) is 5.75 Å². The average Bonchev–Trinajstić information content (AvgIpc) is 2.98. The van der Waals surface area contributed by atoms with E-state index in [0.717, 1.165) is 28.3 Å². The molecule has 0 saturated carbocycles. The molecule has 0 aliphatic rings. The fourth-order valence-electron chi connectivity index (χ4n) is 4.61. The number of unbranched alkanes of at least 4 members (excludes halogenated alkanes) is 1. The molecule has 1 N–H and O–H groups in total. The largest absolute Gasteiger partial charge is 0.495 e. The second-order valence-electron chi connectivity index (χ2n) is 10.0. The maximum Gasteiger partial charge on any atom is 0.264 e. The molecule has 3 rings (SSSR count). The molecule has 0 radical (unpaired) electrons. The molecule has 0 fully saturated rings. The van der Waals surface area contributed by atoms with E-state index < -0.39 is 28.5 Å². The van der Waals surface area contributed by atoms with Crippen LogP contribution in [0.2, 0.25) is 5.02 Å². The van der Waals surface area contributed by atoms with Gasteiger partial charge in [0.2, 0.25) is 11.8 Å². The van der Waals surface area contributed by atoms with Crippen LogP contribution in [0, 0.1) is 6.92 Å². The number of sulfonamides is 1. The summed E-state index contributed by atoms with van der Waals surface area (Å²) in [6.07, 6.45) is 2.60. The Bertz CT molecular complexity index is 1430. The van der Waals surface area contributed by atoms with Crippen LogP contribution in [0.1, 0.15) is 44.2 Å². The highest BCUT2D eigenvalue weighted by atomic mass is 35.5. The molecule has 0 saturated heterocycles. The fourth-order valence-corrected chi connectivity index (χ4v) is 6.19. The van der Waals surface area contributed by atoms with Crippen LogP contribution in [0.25, 0.3) is 0 Å². The Balaban J connectivity index is 2.05. The van der Waals surface area contributed by atoms with Gasteiger partial charge in [0.25, 0.3) is 10.0 Å². The summed E-state index contributed by atoms with van der Waals surface area (Å²) in [6, 6.07) is 19.9. The maximum absolute atomic E-state index is 14.2. The van der Waals surface area contributed by atoms with Gasteiger partial charge in [0, 0.05) is 18.1 Å². The number of nitrogens with one attached hydrogen (secondary N) is 1. The van der Waals surface area contributed by atoms with E-state index in [-0.39, 0.29) is 33.8 Å². The first-order chi connectivity index (χ1) is 20.1. The summed E-state index contributed by atoms with van der Waals surface area (Å²) in [5.41, 5.74) is 2.02. The standard InChI is InChI=1S/C32H40ClN3O5S/c1-5-7-20-34-32(38)28(6-2)35(21-19-25-11-9-8-10-12-25)31(37)23-36(29-22-26(33)15-18-30(29)41-4)42(39,40)27-16-13-24(3)14-17-27/h8-18,22,28H,5-7,19-21,23H2,1-4H3,(H,34,38)/t28-/m1/s1. The number of aryl methyl sites for hydroxylation is 1. The van der Waals surface area contributed by atoms with E-state index >= 15 is 0 Å². The lowest BCUT2D eigenvalue weighted by atomic mass is 10.1. The Hall–Kier alpha value is -3.56. The molecule has 0 aliphatic carbocycles. The summed E-state index contributed by atoms with van der Waals surface area (Å²) in [7, 11) is -2.82. The third kappa shape index (κ3) is 8.49. The summed E-state index contributed by atoms with van der Waals surface area (Å²) in [4.78, 5) is 29.0. The van der Waals surface area contributed by atoms with Crippen molar-refractivity contribution in [1.82, 2.24) is 10.2 Å². The van der Waals surface area contributed by atoms with Crippen molar-refractivity contribution < 1.29 is 22.7 Å². The number of nitrogens with zero attached hydrogens (tertiary/aromatic N) is 2. The lowest BCUT2D eigenvalue weighted by molar-refractivity contribution is -0.139. The van der Waals surface area contributed by atoms with Gasteiger partial charge in [-0.15, -0.1) is 0 Å². The lowest BCUT2D eigenvalue weighted by Gasteiger charge is -2.33. The quantitative estimate of drug-likeness (QED) is 0.225. The van der Waals surface area contributed by atoms with Crippen LogP contribution in [0.5, 0.6) is 5.75 Å². The van der Waals surface area contributed by atoms with Gasteiger partial charge < -0.3 is 15.0 Å². The number of carbonyl (C=O) groups excluding carboxylic acids is 2. The van der Waals surface area contributed by atoms with Crippen LogP contribution in [-0.2, 0) is 26.0 Å². The summed E-state index contributed by atoms with van der Waals surface area (Å²) >= 11 is 6.30. The minimum atomic E-state index is -4.24. The van der Waals surface area contributed by atoms with E-state index in [0.29, 0.717) is 19.4 Å². The molecule has 226 valence electrons. The molecule has 0 aromatic heterocycles. The summed E-state index contributed by atoms with van der Waals surface area (Å²) in [6.45, 7) is 5.91. The van der Waals surface area contributed by atoms with Gasteiger partial charge in [-0.1, -0.05) is 79.9 Å². The molecule has 2 amide bonds. The van der Waals surface area contributed by atoms with E-state index in [1.165, 1.54) is 30.2 Å². The molecule has 0 unspecified atom stereocenters. The monoisotopic (exact) mass is 613 g/mol. The van der Waals surface area contributed by atoms with E-state index in [1.807, 2.05) is 51.1 Å². The molecule has 3 aromatic carbocycles. The number of hydrogen-bond donors (Lipinski definition) is 1. The molecular formula is C32H40ClN3O5S. The van der Waals surface area contributed by atoms with Crippen molar-refractivity contribution >= 4 is 39.1 Å². The van der Waals surface area contributed by atoms with E-state index in [9.17, 15) is 18.0 Å². The highest BCUT2D eigenvalue weighted by molar-refractivity contribution is 7.92. The Morgan fingerprint density at radius 2 is 1.69 bits per heavy atom. The summed E-state index contributed by atoms with van der Waals surface area (Å²) in [5, 5.41) is 3.22. The number of anilines is 1. The van der Waals surface area contributed by atoms with Crippen LogP contribution in [0.3, 0.4) is 0 Å². The average molecular weight is 614 g/mol. The third-order valence-corrected chi connectivity index (χ3v) is 9.01. The molecular weight excluding hydrogens is 574 g/mol. The first kappa shape index (κ1) is 32.9. The SMILES string of the molecule is CCCCNC(=O)[C@@H](CC)N(CCc1ccccc1)C(=O)CN(c1cc(Cl)ccc1OC)S(=O)(=O)c1ccc(C)cc1. The van der Waals surface area contributed by atoms with E-state index in [2.05, 4.69) is 5.32 Å². The number of benzene rings is 3. The number of rotatable bonds is 15. The fraction of sp³-hybridized carbons (Fsp3) is 0.375. The Morgan fingerprint density at radius 1 is 1.00 bits per heavy atom. The first-order valence-corrected chi connectivity index (χ1v) is 16.0. The van der Waals surface area contributed by atoms with Crippen molar-refractivity contribution in [1.29, 1.82) is 0 Å². The number of ether oxygens (including phenoxy) is 1. The van der Waals surface area contributed by atoms with Crippen molar-refractivity contribution in [2.45, 2.75) is 57.4 Å². The number of methoxy groups -OCH3 is 1. The Kier molecular flexibility index (Phi) is 12.2. The van der Waals surface area contributed by atoms with Gasteiger partial charge in [-0.2, -0.15) is 0 Å². The summed E-state index contributed by atoms with van der Waals surface area (Å²) < 4.78 is 34.7. The highest BCUT2D eigenvalue weighted by Crippen LogP contribution is 2.35. The first-order valence-electron chi connectivity index (χ1n) is 14.2. The number of halogens is 1. The van der Waals surface area contributed by atoms with Gasteiger partial charge in [-0.25, -0.2) is 8.42 Å². The van der Waals surface area contributed by atoms with Crippen LogP contribution >= 0.6 is 11.6 Å². The molecule has 10 heteroatoms. The second kappa shape index (κ2) is 15.6. The Morgan fingerprint density at radius 3 is 2.31 bits per heavy atom. The molecule has 0 heterocycles. The van der Waals surface area contributed by atoms with Crippen LogP contribution in [0.15, 0.2) is 77.7 Å². The molecule has 42 heavy (non-hydrogen) atoms. The van der Waals surface area contributed by atoms with E-state index in [4.69, 9.17) is 16.3 Å². The predicted octanol–water partition coefficient (Wildman–Crippen LogP) is 5.62. The molecule has 8 nitrogen and oxygen atoms in total. The minimum absolute atomic E-state index is 0.0168. The van der Waals surface area contributed by atoms with Gasteiger partial charge >= 0.3 is 0 Å². The molecule has 1 atom stereocenters. The smallest absolute Gasteiger partial charge is 0.264 e. The highest BCUT2D eigenvalue weighted by Gasteiger charge is 2.34. The van der Waals surface area contributed by atoms with Crippen molar-refractivity contribution in [2.24, 2.45) is 0 Å². The third-order valence-electron chi connectivity index (χ3n) is 7.00. The van der Waals surface area contributed by atoms with Crippen molar-refractivity contribution in [3.05, 3.63) is 88.9 Å². The number of amides is 2. The zero-order chi connectivity index (χ0) is 30.7. The minimum Gasteiger partial charge on any atom is -0.495 e. The van der Waals surface area contributed by atoms with Crippen LogP contribution in [-0.4, -0.2) is 57.9 Å². The lowest BCUT2D eigenvalue weighted by Crippen LogP contribution is -2.53. The molecule has 0 aliphatic heterocycles. The van der Waals surface area contributed by atoms with E-state index in [1.54, 1.807) is 24.3 Å². The second-order valence-corrected chi connectivity index (χ2v) is 12.3. The predicted molar refractivity (Wildman–Crippen MR) is 168 cm³/mol. The molecule has 3 aromatic rings. The zero-order valence-electron chi connectivity index (χ0n) is 24.7. The normalized spacial score (nSPS) is 11.9. The summed E-state index contributed by atoms with van der Waals surface area (Å²) in [5.74, 6) is -0.537. The molecule has 0 bridgehead atoms. The van der Waals surface area contributed by atoms with Crippen molar-refractivity contribution in [2.75, 3.05) is 31.0 Å². The number of hydrogen-bond acceptors (Lipinski definition) is 5. The van der Waals surface area contributed by atoms with Gasteiger partial charge in [-0.05, 0) is 62.1 Å². The number of carbonyl (C=O) groups is 2. The van der Waals surface area contributed by atoms with Gasteiger partial charge in [0.1, 0.15) is 18.3 Å². The van der Waals surface area contributed by atoms with Crippen LogP contribution < -0.4 is 14.4 Å². The van der Waals surface area contributed by atoms with Crippen LogP contribution in [0.4, 0.5) is 5.69 Å². The molecule has 0 spiro atoms.